The number of rotatable bonds is 2. The Morgan fingerprint density at radius 2 is 1.77 bits per heavy atom. The van der Waals surface area contributed by atoms with Crippen molar-refractivity contribution in [2.45, 2.75) is 12.3 Å². The molecule has 7 heteroatoms. The van der Waals surface area contributed by atoms with Crippen LogP contribution in [0.1, 0.15) is 17.9 Å². The molecule has 26 heavy (non-hydrogen) atoms. The van der Waals surface area contributed by atoms with E-state index < -0.39 is 11.9 Å². The first-order valence-electron chi connectivity index (χ1n) is 7.89. The van der Waals surface area contributed by atoms with Crippen molar-refractivity contribution in [3.05, 3.63) is 73.8 Å². The van der Waals surface area contributed by atoms with Crippen LogP contribution in [0.25, 0.3) is 0 Å². The number of amides is 1. The van der Waals surface area contributed by atoms with E-state index in [0.717, 1.165) is 10.0 Å². The topological polar surface area (TPSA) is 46.6 Å². The summed E-state index contributed by atoms with van der Waals surface area (Å²) >= 11 is 15.5. The molecule has 1 amide bonds. The third-order valence-corrected chi connectivity index (χ3v) is 5.82. The summed E-state index contributed by atoms with van der Waals surface area (Å²) in [5.74, 6) is -0.889. The molecule has 1 unspecified atom stereocenters. The highest BCUT2D eigenvalue weighted by molar-refractivity contribution is 9.10. The maximum absolute atomic E-state index is 12.9. The third kappa shape index (κ3) is 2.94. The monoisotopic (exact) mass is 451 g/mol. The zero-order chi connectivity index (χ0) is 18.4. The van der Waals surface area contributed by atoms with Crippen LogP contribution in [0.3, 0.4) is 0 Å². The van der Waals surface area contributed by atoms with E-state index in [-0.39, 0.29) is 18.9 Å². The van der Waals surface area contributed by atoms with Crippen LogP contribution in [0.15, 0.2) is 58.2 Å². The molecule has 0 spiro atoms. The van der Waals surface area contributed by atoms with Gasteiger partial charge in [0.25, 0.3) is 0 Å². The van der Waals surface area contributed by atoms with Gasteiger partial charge in [0.05, 0.1) is 21.3 Å². The van der Waals surface area contributed by atoms with E-state index in [4.69, 9.17) is 27.9 Å². The Hall–Kier alpha value is -1.82. The van der Waals surface area contributed by atoms with E-state index in [9.17, 15) is 9.59 Å². The third-order valence-electron chi connectivity index (χ3n) is 4.55. The second-order valence-corrected chi connectivity index (χ2v) is 7.80. The van der Waals surface area contributed by atoms with Crippen LogP contribution in [-0.2, 0) is 14.3 Å². The fourth-order valence-corrected chi connectivity index (χ4v) is 3.93. The van der Waals surface area contributed by atoms with Crippen molar-refractivity contribution < 1.29 is 14.3 Å². The molecular weight excluding hydrogens is 441 g/mol. The first kappa shape index (κ1) is 17.6. The van der Waals surface area contributed by atoms with Gasteiger partial charge in [0.15, 0.2) is 0 Å². The Balaban J connectivity index is 1.82. The molecule has 2 aliphatic heterocycles. The van der Waals surface area contributed by atoms with Gasteiger partial charge in [-0.15, -0.1) is 0 Å². The molecule has 0 radical (unpaired) electrons. The number of benzene rings is 2. The van der Waals surface area contributed by atoms with Gasteiger partial charge in [-0.2, -0.15) is 0 Å². The van der Waals surface area contributed by atoms with Crippen LogP contribution in [0.5, 0.6) is 0 Å². The molecule has 0 saturated heterocycles. The van der Waals surface area contributed by atoms with Crippen LogP contribution >= 0.6 is 39.1 Å². The van der Waals surface area contributed by atoms with Crippen LogP contribution in [-0.4, -0.2) is 18.5 Å². The summed E-state index contributed by atoms with van der Waals surface area (Å²) in [5.41, 5.74) is 2.57. The summed E-state index contributed by atoms with van der Waals surface area (Å²) < 4.78 is 6.16. The zero-order valence-corrected chi connectivity index (χ0v) is 16.4. The number of carbonyl (C=O) groups excluding carboxylic acids is 2. The van der Waals surface area contributed by atoms with Gasteiger partial charge in [-0.25, -0.2) is 4.79 Å². The van der Waals surface area contributed by atoms with E-state index in [1.165, 1.54) is 0 Å². The summed E-state index contributed by atoms with van der Waals surface area (Å²) in [6, 6.07) is 12.5. The van der Waals surface area contributed by atoms with Crippen LogP contribution in [0.4, 0.5) is 5.69 Å². The Kier molecular flexibility index (Phi) is 4.55. The Bertz CT molecular complexity index is 956. The quantitative estimate of drug-likeness (QED) is 0.596. The minimum atomic E-state index is -0.398. The highest BCUT2D eigenvalue weighted by atomic mass is 79.9. The number of hydrogen-bond acceptors (Lipinski definition) is 3. The normalized spacial score (nSPS) is 19.7. The van der Waals surface area contributed by atoms with Gasteiger partial charge in [-0.1, -0.05) is 45.2 Å². The van der Waals surface area contributed by atoms with Gasteiger partial charge in [0.2, 0.25) is 5.91 Å². The lowest BCUT2D eigenvalue weighted by Gasteiger charge is -2.32. The summed E-state index contributed by atoms with van der Waals surface area (Å²) in [4.78, 5) is 26.9. The molecule has 132 valence electrons. The average molecular weight is 453 g/mol. The number of nitrogens with zero attached hydrogens (tertiary/aromatic N) is 1. The minimum Gasteiger partial charge on any atom is -0.456 e. The molecule has 0 aliphatic carbocycles. The molecule has 0 bridgehead atoms. The highest BCUT2D eigenvalue weighted by Crippen LogP contribution is 2.43. The molecule has 2 heterocycles. The number of halogens is 3. The van der Waals surface area contributed by atoms with E-state index in [1.54, 1.807) is 23.1 Å². The van der Waals surface area contributed by atoms with Crippen molar-refractivity contribution in [1.29, 1.82) is 0 Å². The maximum atomic E-state index is 12.9. The van der Waals surface area contributed by atoms with Crippen molar-refractivity contribution >= 4 is 56.7 Å². The van der Waals surface area contributed by atoms with Crippen LogP contribution in [0, 0.1) is 0 Å². The van der Waals surface area contributed by atoms with Gasteiger partial charge >= 0.3 is 5.97 Å². The van der Waals surface area contributed by atoms with Gasteiger partial charge in [0.1, 0.15) is 6.61 Å². The van der Waals surface area contributed by atoms with Gasteiger partial charge in [-0.3, -0.25) is 9.69 Å². The Morgan fingerprint density at radius 1 is 1.04 bits per heavy atom. The largest absolute Gasteiger partial charge is 0.456 e. The molecule has 2 aromatic rings. The first-order valence-corrected chi connectivity index (χ1v) is 9.44. The molecule has 4 nitrogen and oxygen atoms in total. The summed E-state index contributed by atoms with van der Waals surface area (Å²) in [6.07, 6.45) is 0.155. The fourth-order valence-electron chi connectivity index (χ4n) is 3.36. The molecule has 2 aliphatic rings. The highest BCUT2D eigenvalue weighted by Gasteiger charge is 2.43. The average Bonchev–Trinajstić information content (AvgIpc) is 2.99. The lowest BCUT2D eigenvalue weighted by atomic mass is 9.84. The Morgan fingerprint density at radius 3 is 2.46 bits per heavy atom. The van der Waals surface area contributed by atoms with Crippen molar-refractivity contribution in [2.24, 2.45) is 0 Å². The molecule has 0 fully saturated rings. The smallest absolute Gasteiger partial charge is 0.336 e. The predicted octanol–water partition coefficient (Wildman–Crippen LogP) is 5.09. The molecule has 4 rings (SSSR count). The summed E-state index contributed by atoms with van der Waals surface area (Å²) in [5, 5.41) is 0.817. The van der Waals surface area contributed by atoms with Crippen molar-refractivity contribution in [3.63, 3.8) is 0 Å². The molecular formula is C19H12BrCl2NO3. The summed E-state index contributed by atoms with van der Waals surface area (Å²) in [6.45, 7) is 0.0772. The van der Waals surface area contributed by atoms with E-state index >= 15 is 0 Å². The number of ether oxygens (including phenoxy) is 1. The van der Waals surface area contributed by atoms with E-state index in [1.807, 2.05) is 24.3 Å². The molecule has 2 aromatic carbocycles. The van der Waals surface area contributed by atoms with Crippen LogP contribution in [0.2, 0.25) is 10.0 Å². The van der Waals surface area contributed by atoms with Crippen molar-refractivity contribution in [2.75, 3.05) is 11.5 Å². The maximum Gasteiger partial charge on any atom is 0.336 e. The van der Waals surface area contributed by atoms with E-state index in [0.29, 0.717) is 27.0 Å². The number of anilines is 1. The molecule has 1 atom stereocenters. The van der Waals surface area contributed by atoms with Crippen molar-refractivity contribution in [1.82, 2.24) is 0 Å². The molecule has 0 N–H and O–H groups in total. The van der Waals surface area contributed by atoms with Crippen LogP contribution < -0.4 is 4.90 Å². The van der Waals surface area contributed by atoms with Gasteiger partial charge < -0.3 is 4.74 Å². The van der Waals surface area contributed by atoms with Gasteiger partial charge in [0, 0.05) is 22.5 Å². The van der Waals surface area contributed by atoms with E-state index in [2.05, 4.69) is 15.9 Å². The fraction of sp³-hybridized carbons (Fsp3) is 0.158. The SMILES string of the molecule is O=C1OCC2=C1C(c1ccc(Cl)c(Cl)c1)CC(=O)N2c1ccc(Br)cc1. The first-order chi connectivity index (χ1) is 12.5. The predicted molar refractivity (Wildman–Crippen MR) is 103 cm³/mol. The Labute approximate surface area is 168 Å². The lowest BCUT2D eigenvalue weighted by molar-refractivity contribution is -0.136. The number of cyclic esters (lactones) is 1. The number of carbonyl (C=O) groups is 2. The zero-order valence-electron chi connectivity index (χ0n) is 13.3. The lowest BCUT2D eigenvalue weighted by Crippen LogP contribution is -2.37. The second-order valence-electron chi connectivity index (χ2n) is 6.07. The minimum absolute atomic E-state index is 0.0772. The molecule has 0 saturated carbocycles. The van der Waals surface area contributed by atoms with Gasteiger partial charge in [-0.05, 0) is 42.0 Å². The number of hydrogen-bond donors (Lipinski definition) is 0. The number of esters is 1. The summed E-state index contributed by atoms with van der Waals surface area (Å²) in [7, 11) is 0. The standard InChI is InChI=1S/C19H12BrCl2NO3/c20-11-2-4-12(5-3-11)23-16-9-26-19(25)18(16)13(8-17(23)24)10-1-6-14(21)15(22)7-10/h1-7,13H,8-9H2. The molecule has 0 aromatic heterocycles. The van der Waals surface area contributed by atoms with Crippen molar-refractivity contribution in [3.8, 4) is 0 Å². The second kappa shape index (κ2) is 6.72.